The van der Waals surface area contributed by atoms with E-state index in [0.717, 1.165) is 31.6 Å². The molecule has 2 aliphatic heterocycles. The lowest BCUT2D eigenvalue weighted by atomic mass is 10.1. The summed E-state index contributed by atoms with van der Waals surface area (Å²) in [6.45, 7) is 2.48. The number of anilines is 1. The Kier molecular flexibility index (Phi) is 5.63. The van der Waals surface area contributed by atoms with Crippen LogP contribution < -0.4 is 4.90 Å². The van der Waals surface area contributed by atoms with E-state index < -0.39 is 0 Å². The third-order valence-corrected chi connectivity index (χ3v) is 4.49. The molecule has 2 aliphatic rings. The second kappa shape index (κ2) is 7.90. The van der Waals surface area contributed by atoms with Gasteiger partial charge in [0.2, 0.25) is 11.9 Å². The summed E-state index contributed by atoms with van der Waals surface area (Å²) < 4.78 is 11.5. The number of hydrogen-bond donors (Lipinski definition) is 0. The van der Waals surface area contributed by atoms with Crippen molar-refractivity contribution >= 4 is 11.9 Å². The van der Waals surface area contributed by atoms with Crippen molar-refractivity contribution < 1.29 is 14.3 Å². The van der Waals surface area contributed by atoms with Gasteiger partial charge in [0.05, 0.1) is 31.4 Å². The summed E-state index contributed by atoms with van der Waals surface area (Å²) in [7, 11) is 3.81. The van der Waals surface area contributed by atoms with E-state index in [0.29, 0.717) is 32.1 Å². The third kappa shape index (κ3) is 4.21. The lowest BCUT2D eigenvalue weighted by Gasteiger charge is -2.34. The van der Waals surface area contributed by atoms with Crippen LogP contribution in [0, 0.1) is 0 Å². The van der Waals surface area contributed by atoms with Crippen molar-refractivity contribution in [3.63, 3.8) is 0 Å². The van der Waals surface area contributed by atoms with E-state index in [1.807, 2.05) is 30.0 Å². The quantitative estimate of drug-likeness (QED) is 0.829. The van der Waals surface area contributed by atoms with Crippen LogP contribution in [0.3, 0.4) is 0 Å². The zero-order valence-electron chi connectivity index (χ0n) is 14.5. The Balaban J connectivity index is 1.61. The number of nitrogens with zero attached hydrogens (tertiary/aromatic N) is 4. The van der Waals surface area contributed by atoms with Crippen LogP contribution in [0.1, 0.15) is 37.5 Å². The zero-order valence-corrected chi connectivity index (χ0v) is 14.5. The summed E-state index contributed by atoms with van der Waals surface area (Å²) in [5.41, 5.74) is 0.820. The predicted octanol–water partition coefficient (Wildman–Crippen LogP) is 1.40. The Hall–Kier alpha value is -1.73. The van der Waals surface area contributed by atoms with Crippen LogP contribution in [0.2, 0.25) is 0 Å². The maximum atomic E-state index is 12.6. The van der Waals surface area contributed by atoms with Gasteiger partial charge in [0, 0.05) is 33.4 Å². The molecule has 0 saturated carbocycles. The highest BCUT2D eigenvalue weighted by Crippen LogP contribution is 2.23. The van der Waals surface area contributed by atoms with Crippen molar-refractivity contribution in [2.75, 3.05) is 45.3 Å². The predicted molar refractivity (Wildman–Crippen MR) is 89.8 cm³/mol. The number of ether oxygens (including phenoxy) is 2. The molecule has 0 radical (unpaired) electrons. The Morgan fingerprint density at radius 3 is 2.96 bits per heavy atom. The maximum Gasteiger partial charge on any atom is 0.225 e. The summed E-state index contributed by atoms with van der Waals surface area (Å²) in [5, 5.41) is 0. The van der Waals surface area contributed by atoms with Crippen molar-refractivity contribution in [2.24, 2.45) is 0 Å². The molecule has 0 aliphatic carbocycles. The molecule has 1 aromatic heterocycles. The first kappa shape index (κ1) is 17.1. The van der Waals surface area contributed by atoms with Gasteiger partial charge in [-0.1, -0.05) is 0 Å². The average molecular weight is 334 g/mol. The fraction of sp³-hybridized carbons (Fsp3) is 0.706. The topological polar surface area (TPSA) is 67.8 Å². The molecule has 2 fully saturated rings. The minimum atomic E-state index is -0.198. The standard InChI is InChI=1S/C17H26N4O3/c1-20(2)17-18-7-6-14(19-17)15-12-21(8-10-24-15)16(22)11-13-5-3-4-9-23-13/h6-7,13,15H,3-5,8-12H2,1-2H3/t13-,15+/m1/s1. The number of amides is 1. The minimum absolute atomic E-state index is 0.0759. The Morgan fingerprint density at radius 2 is 2.21 bits per heavy atom. The largest absolute Gasteiger partial charge is 0.378 e. The lowest BCUT2D eigenvalue weighted by molar-refractivity contribution is -0.142. The fourth-order valence-corrected chi connectivity index (χ4v) is 3.10. The summed E-state index contributed by atoms with van der Waals surface area (Å²) in [6.07, 6.45) is 5.32. The maximum absolute atomic E-state index is 12.6. The first-order chi connectivity index (χ1) is 11.6. The van der Waals surface area contributed by atoms with E-state index in [-0.39, 0.29) is 18.1 Å². The van der Waals surface area contributed by atoms with Gasteiger partial charge in [-0.3, -0.25) is 4.79 Å². The number of carbonyl (C=O) groups excluding carboxylic acids is 1. The van der Waals surface area contributed by atoms with Crippen molar-refractivity contribution in [3.05, 3.63) is 18.0 Å². The number of hydrogen-bond acceptors (Lipinski definition) is 6. The second-order valence-corrected chi connectivity index (χ2v) is 6.57. The van der Waals surface area contributed by atoms with Gasteiger partial charge < -0.3 is 19.3 Å². The van der Waals surface area contributed by atoms with Gasteiger partial charge in [0.1, 0.15) is 6.10 Å². The van der Waals surface area contributed by atoms with Crippen LogP contribution >= 0.6 is 0 Å². The van der Waals surface area contributed by atoms with Gasteiger partial charge in [-0.05, 0) is 25.3 Å². The molecule has 1 aromatic rings. The average Bonchev–Trinajstić information content (AvgIpc) is 2.63. The molecular weight excluding hydrogens is 308 g/mol. The number of aromatic nitrogens is 2. The molecule has 24 heavy (non-hydrogen) atoms. The van der Waals surface area contributed by atoms with Crippen LogP contribution in [-0.4, -0.2) is 67.3 Å². The molecule has 0 bridgehead atoms. The van der Waals surface area contributed by atoms with E-state index in [1.54, 1.807) is 6.20 Å². The Morgan fingerprint density at radius 1 is 1.33 bits per heavy atom. The molecule has 132 valence electrons. The van der Waals surface area contributed by atoms with E-state index in [2.05, 4.69) is 9.97 Å². The Bertz CT molecular complexity index is 561. The second-order valence-electron chi connectivity index (χ2n) is 6.57. The molecule has 0 N–H and O–H groups in total. The summed E-state index contributed by atoms with van der Waals surface area (Å²) in [4.78, 5) is 25.1. The van der Waals surface area contributed by atoms with Crippen molar-refractivity contribution in [3.8, 4) is 0 Å². The molecule has 1 amide bonds. The number of rotatable bonds is 4. The highest BCUT2D eigenvalue weighted by molar-refractivity contribution is 5.76. The smallest absolute Gasteiger partial charge is 0.225 e. The van der Waals surface area contributed by atoms with Gasteiger partial charge in [-0.2, -0.15) is 0 Å². The molecule has 0 unspecified atom stereocenters. The molecule has 7 nitrogen and oxygen atoms in total. The van der Waals surface area contributed by atoms with Gasteiger partial charge in [0.15, 0.2) is 0 Å². The normalized spacial score (nSPS) is 24.7. The van der Waals surface area contributed by atoms with Gasteiger partial charge in [-0.15, -0.1) is 0 Å². The summed E-state index contributed by atoms with van der Waals surface area (Å²) in [5.74, 6) is 0.798. The molecule has 3 rings (SSSR count). The monoisotopic (exact) mass is 334 g/mol. The molecule has 3 heterocycles. The molecule has 2 atom stereocenters. The molecule has 2 saturated heterocycles. The number of morpholine rings is 1. The van der Waals surface area contributed by atoms with Crippen LogP contribution in [0.25, 0.3) is 0 Å². The zero-order chi connectivity index (χ0) is 16.9. The van der Waals surface area contributed by atoms with Gasteiger partial charge in [0.25, 0.3) is 0 Å². The van der Waals surface area contributed by atoms with Crippen LogP contribution in [-0.2, 0) is 14.3 Å². The SMILES string of the molecule is CN(C)c1nccc([C@@H]2CN(C(=O)C[C@H]3CCCCO3)CCO2)n1. The van der Waals surface area contributed by atoms with Crippen LogP contribution in [0.4, 0.5) is 5.95 Å². The van der Waals surface area contributed by atoms with Crippen molar-refractivity contribution in [1.29, 1.82) is 0 Å². The van der Waals surface area contributed by atoms with E-state index in [4.69, 9.17) is 9.47 Å². The molecular formula is C17H26N4O3. The lowest BCUT2D eigenvalue weighted by Crippen LogP contribution is -2.44. The van der Waals surface area contributed by atoms with Crippen LogP contribution in [0.5, 0.6) is 0 Å². The van der Waals surface area contributed by atoms with Crippen molar-refractivity contribution in [2.45, 2.75) is 37.9 Å². The molecule has 0 spiro atoms. The van der Waals surface area contributed by atoms with E-state index >= 15 is 0 Å². The first-order valence-electron chi connectivity index (χ1n) is 8.64. The molecule has 7 heteroatoms. The minimum Gasteiger partial charge on any atom is -0.378 e. The highest BCUT2D eigenvalue weighted by atomic mass is 16.5. The highest BCUT2D eigenvalue weighted by Gasteiger charge is 2.28. The fourth-order valence-electron chi connectivity index (χ4n) is 3.10. The first-order valence-corrected chi connectivity index (χ1v) is 8.64. The van der Waals surface area contributed by atoms with Crippen LogP contribution in [0.15, 0.2) is 12.3 Å². The molecule has 0 aromatic carbocycles. The van der Waals surface area contributed by atoms with Gasteiger partial charge in [-0.25, -0.2) is 9.97 Å². The third-order valence-electron chi connectivity index (χ3n) is 4.49. The Labute approximate surface area is 143 Å². The van der Waals surface area contributed by atoms with E-state index in [1.165, 1.54) is 0 Å². The number of carbonyl (C=O) groups is 1. The van der Waals surface area contributed by atoms with Gasteiger partial charge >= 0.3 is 0 Å². The van der Waals surface area contributed by atoms with Crippen molar-refractivity contribution in [1.82, 2.24) is 14.9 Å². The van der Waals surface area contributed by atoms with E-state index in [9.17, 15) is 4.79 Å². The summed E-state index contributed by atoms with van der Waals surface area (Å²) in [6, 6.07) is 1.86. The summed E-state index contributed by atoms with van der Waals surface area (Å²) >= 11 is 0.